The van der Waals surface area contributed by atoms with Crippen molar-refractivity contribution in [1.82, 2.24) is 9.62 Å². The predicted octanol–water partition coefficient (Wildman–Crippen LogP) is 0.0199. The molecular weight excluding hydrogens is 200 g/mol. The Morgan fingerprint density at radius 1 is 1.36 bits per heavy atom. The van der Waals surface area contributed by atoms with E-state index in [2.05, 4.69) is 5.32 Å². The van der Waals surface area contributed by atoms with Crippen molar-refractivity contribution in [3.05, 3.63) is 0 Å². The zero-order chi connectivity index (χ0) is 10.2. The van der Waals surface area contributed by atoms with Crippen molar-refractivity contribution < 1.29 is 8.42 Å². The molecule has 0 aromatic heterocycles. The first kappa shape index (κ1) is 10.4. The molecule has 0 radical (unpaired) electrons. The molecule has 2 heterocycles. The number of nitrogens with zero attached hydrogens (tertiary/aromatic N) is 1. The van der Waals surface area contributed by atoms with Gasteiger partial charge in [-0.1, -0.05) is 6.92 Å². The fraction of sp³-hybridized carbons (Fsp3) is 1.00. The van der Waals surface area contributed by atoms with Crippen molar-refractivity contribution in [3.8, 4) is 0 Å². The van der Waals surface area contributed by atoms with E-state index < -0.39 is 10.0 Å². The zero-order valence-electron chi connectivity index (χ0n) is 8.57. The molecule has 2 aliphatic heterocycles. The Kier molecular flexibility index (Phi) is 2.81. The van der Waals surface area contributed by atoms with Crippen LogP contribution < -0.4 is 5.32 Å². The maximum absolute atomic E-state index is 12.0. The Bertz CT molecular complexity index is 302. The molecule has 0 amide bonds. The molecule has 82 valence electrons. The predicted molar refractivity (Wildman–Crippen MR) is 55.5 cm³/mol. The molecule has 14 heavy (non-hydrogen) atoms. The molecule has 2 rings (SSSR count). The van der Waals surface area contributed by atoms with E-state index >= 15 is 0 Å². The zero-order valence-corrected chi connectivity index (χ0v) is 9.39. The second kappa shape index (κ2) is 3.79. The summed E-state index contributed by atoms with van der Waals surface area (Å²) in [5.74, 6) is 0.356. The fourth-order valence-electron chi connectivity index (χ4n) is 2.55. The van der Waals surface area contributed by atoms with E-state index in [1.54, 1.807) is 4.31 Å². The number of hydrogen-bond donors (Lipinski definition) is 1. The summed E-state index contributed by atoms with van der Waals surface area (Å²) in [5.41, 5.74) is 0. The molecule has 2 atom stereocenters. The monoisotopic (exact) mass is 218 g/mol. The highest BCUT2D eigenvalue weighted by Gasteiger charge is 2.45. The molecular formula is C9H18N2O2S. The lowest BCUT2D eigenvalue weighted by molar-refractivity contribution is 0.397. The topological polar surface area (TPSA) is 49.4 Å². The Balaban J connectivity index is 2.23. The maximum Gasteiger partial charge on any atom is 0.217 e. The highest BCUT2D eigenvalue weighted by Crippen LogP contribution is 2.32. The minimum absolute atomic E-state index is 0.113. The van der Waals surface area contributed by atoms with E-state index in [1.807, 2.05) is 6.92 Å². The quantitative estimate of drug-likeness (QED) is 0.675. The number of hydrogen-bond acceptors (Lipinski definition) is 3. The molecule has 2 fully saturated rings. The van der Waals surface area contributed by atoms with Crippen LogP contribution in [0.1, 0.15) is 19.8 Å². The third-order valence-corrected chi connectivity index (χ3v) is 5.87. The van der Waals surface area contributed by atoms with Crippen LogP contribution >= 0.6 is 0 Å². The van der Waals surface area contributed by atoms with Gasteiger partial charge in [-0.15, -0.1) is 0 Å². The van der Waals surface area contributed by atoms with Crippen LogP contribution in [0.15, 0.2) is 0 Å². The van der Waals surface area contributed by atoms with Crippen molar-refractivity contribution in [2.45, 2.75) is 25.0 Å². The van der Waals surface area contributed by atoms with Crippen LogP contribution in [0.5, 0.6) is 0 Å². The summed E-state index contributed by atoms with van der Waals surface area (Å²) in [6.07, 6.45) is 1.78. The number of sulfonamides is 1. The first-order chi connectivity index (χ1) is 6.66. The smallest absolute Gasteiger partial charge is 0.217 e. The van der Waals surface area contributed by atoms with E-state index in [0.717, 1.165) is 32.5 Å². The molecule has 0 aliphatic carbocycles. The molecule has 5 heteroatoms. The lowest BCUT2D eigenvalue weighted by Crippen LogP contribution is -2.30. The second-order valence-corrected chi connectivity index (χ2v) is 6.27. The van der Waals surface area contributed by atoms with Gasteiger partial charge in [0.25, 0.3) is 0 Å². The third kappa shape index (κ3) is 1.57. The first-order valence-corrected chi connectivity index (χ1v) is 6.86. The van der Waals surface area contributed by atoms with Gasteiger partial charge in [-0.25, -0.2) is 12.7 Å². The van der Waals surface area contributed by atoms with Crippen LogP contribution in [0.4, 0.5) is 0 Å². The van der Waals surface area contributed by atoms with E-state index in [-0.39, 0.29) is 5.25 Å². The van der Waals surface area contributed by atoms with E-state index in [9.17, 15) is 8.42 Å². The Hall–Kier alpha value is -0.130. The lowest BCUT2D eigenvalue weighted by Gasteiger charge is -2.14. The summed E-state index contributed by atoms with van der Waals surface area (Å²) in [6.45, 7) is 5.10. The Morgan fingerprint density at radius 2 is 2.07 bits per heavy atom. The highest BCUT2D eigenvalue weighted by atomic mass is 32.2. The van der Waals surface area contributed by atoms with Crippen LogP contribution in [0.2, 0.25) is 0 Å². The normalized spacial score (nSPS) is 37.8. The van der Waals surface area contributed by atoms with Crippen molar-refractivity contribution in [1.29, 1.82) is 0 Å². The van der Waals surface area contributed by atoms with Gasteiger partial charge in [0.1, 0.15) is 0 Å². The Labute approximate surface area is 85.7 Å². The largest absolute Gasteiger partial charge is 0.317 e. The average Bonchev–Trinajstić information content (AvgIpc) is 2.35. The Morgan fingerprint density at radius 3 is 2.79 bits per heavy atom. The van der Waals surface area contributed by atoms with Gasteiger partial charge in [0, 0.05) is 13.1 Å². The van der Waals surface area contributed by atoms with Gasteiger partial charge < -0.3 is 5.32 Å². The van der Waals surface area contributed by atoms with Crippen molar-refractivity contribution in [2.24, 2.45) is 5.92 Å². The minimum Gasteiger partial charge on any atom is -0.317 e. The van der Waals surface area contributed by atoms with Crippen molar-refractivity contribution >= 4 is 10.0 Å². The summed E-state index contributed by atoms with van der Waals surface area (Å²) in [6, 6.07) is 0. The minimum atomic E-state index is -2.97. The number of rotatable bonds is 1. The molecule has 4 nitrogen and oxygen atoms in total. The second-order valence-electron chi connectivity index (χ2n) is 4.12. The van der Waals surface area contributed by atoms with Crippen LogP contribution in [0, 0.1) is 5.92 Å². The molecule has 2 saturated heterocycles. The van der Waals surface area contributed by atoms with E-state index in [1.165, 1.54) is 0 Å². The molecule has 0 aromatic carbocycles. The van der Waals surface area contributed by atoms with Crippen LogP contribution in [0.25, 0.3) is 0 Å². The standard InChI is InChI=1S/C9H18N2O2S/c1-2-11-7-8-3-5-10-6-4-9(8)14(11,12)13/h8-10H,2-7H2,1H3/t8-,9-/m1/s1. The molecule has 0 spiro atoms. The fourth-order valence-corrected chi connectivity index (χ4v) is 4.81. The van der Waals surface area contributed by atoms with Gasteiger partial charge >= 0.3 is 0 Å². The molecule has 0 bridgehead atoms. The SMILES string of the molecule is CCN1C[C@H]2CCNCC[C@H]2S1(=O)=O. The summed E-state index contributed by atoms with van der Waals surface area (Å²) in [7, 11) is -2.97. The van der Waals surface area contributed by atoms with Crippen LogP contribution in [-0.2, 0) is 10.0 Å². The van der Waals surface area contributed by atoms with Crippen molar-refractivity contribution in [2.75, 3.05) is 26.2 Å². The van der Waals surface area contributed by atoms with Gasteiger partial charge in [0.05, 0.1) is 5.25 Å². The maximum atomic E-state index is 12.0. The molecule has 0 saturated carbocycles. The highest BCUT2D eigenvalue weighted by molar-refractivity contribution is 7.90. The van der Waals surface area contributed by atoms with E-state index in [0.29, 0.717) is 12.5 Å². The molecule has 2 aliphatic rings. The first-order valence-electron chi connectivity index (χ1n) is 5.36. The lowest BCUT2D eigenvalue weighted by atomic mass is 10.0. The number of nitrogens with one attached hydrogen (secondary N) is 1. The molecule has 1 N–H and O–H groups in total. The van der Waals surface area contributed by atoms with Gasteiger partial charge in [0.15, 0.2) is 0 Å². The summed E-state index contributed by atoms with van der Waals surface area (Å²) in [4.78, 5) is 0. The van der Waals surface area contributed by atoms with E-state index in [4.69, 9.17) is 0 Å². The van der Waals surface area contributed by atoms with Gasteiger partial charge in [0.2, 0.25) is 10.0 Å². The summed E-state index contributed by atoms with van der Waals surface area (Å²) in [5, 5.41) is 3.15. The van der Waals surface area contributed by atoms with Crippen LogP contribution in [0.3, 0.4) is 0 Å². The average molecular weight is 218 g/mol. The van der Waals surface area contributed by atoms with Gasteiger partial charge in [-0.3, -0.25) is 0 Å². The summed E-state index contributed by atoms with van der Waals surface area (Å²) >= 11 is 0. The number of fused-ring (bicyclic) bond motifs is 1. The van der Waals surface area contributed by atoms with Gasteiger partial charge in [-0.05, 0) is 31.8 Å². The molecule has 0 aromatic rings. The van der Waals surface area contributed by atoms with Gasteiger partial charge in [-0.2, -0.15) is 0 Å². The van der Waals surface area contributed by atoms with Crippen LogP contribution in [-0.4, -0.2) is 44.2 Å². The summed E-state index contributed by atoms with van der Waals surface area (Å²) < 4.78 is 25.7. The third-order valence-electron chi connectivity index (χ3n) is 3.36. The molecule has 0 unspecified atom stereocenters. The van der Waals surface area contributed by atoms with Crippen molar-refractivity contribution in [3.63, 3.8) is 0 Å².